The Morgan fingerprint density at radius 1 is 1.30 bits per heavy atom. The summed E-state index contributed by atoms with van der Waals surface area (Å²) in [6, 6.07) is 2.57. The first-order valence-corrected chi connectivity index (χ1v) is 9.60. The van der Waals surface area contributed by atoms with Gasteiger partial charge in [0, 0.05) is 30.9 Å². The molecule has 0 bridgehead atoms. The van der Waals surface area contributed by atoms with Crippen LogP contribution in [0.15, 0.2) is 34.9 Å². The molecule has 2 aromatic rings. The summed E-state index contributed by atoms with van der Waals surface area (Å²) in [7, 11) is 0. The largest absolute Gasteiger partial charge is 0.481 e. The number of pyridine rings is 1. The van der Waals surface area contributed by atoms with E-state index >= 15 is 0 Å². The highest BCUT2D eigenvalue weighted by atomic mass is 35.5. The van der Waals surface area contributed by atoms with Crippen LogP contribution in [0.5, 0.6) is 0 Å². The van der Waals surface area contributed by atoms with E-state index in [2.05, 4.69) is 36.2 Å². The van der Waals surface area contributed by atoms with E-state index in [9.17, 15) is 14.4 Å². The van der Waals surface area contributed by atoms with Crippen molar-refractivity contribution in [2.75, 3.05) is 19.6 Å². The normalized spacial score (nSPS) is 13.3. The van der Waals surface area contributed by atoms with Gasteiger partial charge >= 0.3 is 5.97 Å². The van der Waals surface area contributed by atoms with Crippen LogP contribution < -0.4 is 21.3 Å². The van der Waals surface area contributed by atoms with Crippen molar-refractivity contribution in [3.05, 3.63) is 41.2 Å². The van der Waals surface area contributed by atoms with Gasteiger partial charge in [-0.25, -0.2) is 4.98 Å². The lowest BCUT2D eigenvalue weighted by atomic mass is 10.1. The van der Waals surface area contributed by atoms with Gasteiger partial charge in [0.05, 0.1) is 19.0 Å². The molecule has 11 nitrogen and oxygen atoms in total. The van der Waals surface area contributed by atoms with Crippen molar-refractivity contribution < 1.29 is 19.5 Å². The first-order chi connectivity index (χ1) is 14.0. The Balaban J connectivity index is 0.00000320. The Labute approximate surface area is 181 Å². The average Bonchev–Trinajstić information content (AvgIpc) is 3.38. The van der Waals surface area contributed by atoms with Gasteiger partial charge in [-0.05, 0) is 11.6 Å². The third kappa shape index (κ3) is 6.67. The summed E-state index contributed by atoms with van der Waals surface area (Å²) in [5.41, 5.74) is 0.710. The number of carboxylic acid groups (broad SMARTS) is 1. The molecule has 1 fully saturated rings. The zero-order chi connectivity index (χ0) is 20.6. The minimum atomic E-state index is -1.06. The number of hydrogen-bond acceptors (Lipinski definition) is 7. The van der Waals surface area contributed by atoms with Crippen molar-refractivity contribution in [3.63, 3.8) is 0 Å². The number of aliphatic carboxylic acids is 1. The molecule has 160 valence electrons. The predicted octanol–water partition coefficient (Wildman–Crippen LogP) is 0.202. The highest BCUT2D eigenvalue weighted by Crippen LogP contribution is 2.19. The molecule has 1 unspecified atom stereocenters. The maximum Gasteiger partial charge on any atom is 0.305 e. The lowest BCUT2D eigenvalue weighted by Crippen LogP contribution is -2.39. The lowest BCUT2D eigenvalue weighted by Gasteiger charge is -2.17. The van der Waals surface area contributed by atoms with Crippen molar-refractivity contribution in [2.24, 2.45) is 4.99 Å². The van der Waals surface area contributed by atoms with Gasteiger partial charge in [0.25, 0.3) is 5.91 Å². The van der Waals surface area contributed by atoms with E-state index in [0.717, 1.165) is 13.1 Å². The second-order valence-electron chi connectivity index (χ2n) is 6.02. The van der Waals surface area contributed by atoms with Gasteiger partial charge in [-0.15, -0.1) is 23.7 Å². The number of aromatic nitrogens is 2. The van der Waals surface area contributed by atoms with Crippen LogP contribution in [0.25, 0.3) is 0 Å². The minimum absolute atomic E-state index is 0. The number of thiazole rings is 1. The topological polar surface area (TPSA) is 158 Å². The summed E-state index contributed by atoms with van der Waals surface area (Å²) in [6.45, 7) is 1.23. The van der Waals surface area contributed by atoms with Crippen LogP contribution in [0, 0.1) is 0 Å². The predicted molar refractivity (Wildman–Crippen MR) is 112 cm³/mol. The number of amides is 2. The number of nitrogens with zero attached hydrogens (tertiary/aromatic N) is 3. The van der Waals surface area contributed by atoms with Crippen molar-refractivity contribution in [1.82, 2.24) is 31.2 Å². The number of halogens is 1. The highest BCUT2D eigenvalue weighted by molar-refractivity contribution is 7.13. The Kier molecular flexibility index (Phi) is 8.50. The van der Waals surface area contributed by atoms with E-state index in [0.29, 0.717) is 16.7 Å². The maximum absolute atomic E-state index is 12.2. The van der Waals surface area contributed by atoms with E-state index in [1.165, 1.54) is 17.5 Å². The number of nitrogens with one attached hydrogen (secondary N) is 4. The SMILES string of the molecule is Cl.O=C(O)CC(NC(=O)CNC(=O)c1csc(N=C2NCCN2)n1)c1cccnc1. The van der Waals surface area contributed by atoms with Crippen LogP contribution in [-0.4, -0.2) is 58.5 Å². The number of carbonyl (C=O) groups is 3. The molecule has 0 aliphatic carbocycles. The first kappa shape index (κ1) is 23.0. The number of carboxylic acids is 1. The van der Waals surface area contributed by atoms with Crippen LogP contribution >= 0.6 is 23.7 Å². The van der Waals surface area contributed by atoms with Crippen LogP contribution in [-0.2, 0) is 9.59 Å². The van der Waals surface area contributed by atoms with Crippen LogP contribution in [0.3, 0.4) is 0 Å². The number of aliphatic imine (C=N–C) groups is 1. The third-order valence-electron chi connectivity index (χ3n) is 3.85. The molecule has 0 aromatic carbocycles. The van der Waals surface area contributed by atoms with E-state index in [1.807, 2.05) is 0 Å². The molecular weight excluding hydrogens is 434 g/mol. The van der Waals surface area contributed by atoms with Crippen LogP contribution in [0.1, 0.15) is 28.5 Å². The molecule has 3 heterocycles. The summed E-state index contributed by atoms with van der Waals surface area (Å²) in [5, 5.41) is 22.1. The van der Waals surface area contributed by atoms with E-state index in [-0.39, 0.29) is 31.1 Å². The van der Waals surface area contributed by atoms with Crippen molar-refractivity contribution in [1.29, 1.82) is 0 Å². The van der Waals surface area contributed by atoms with Gasteiger partial charge in [-0.3, -0.25) is 19.4 Å². The van der Waals surface area contributed by atoms with Gasteiger partial charge in [0.2, 0.25) is 11.0 Å². The van der Waals surface area contributed by atoms with Gasteiger partial charge in [0.1, 0.15) is 5.69 Å². The van der Waals surface area contributed by atoms with E-state index in [1.54, 1.807) is 23.7 Å². The standard InChI is InChI=1S/C17H19N7O4S.ClH/c25-13(22-11(6-14(26)27)10-2-1-3-18-7-10)8-21-15(28)12-9-29-17(23-12)24-16-19-4-5-20-16;/h1-3,7,9,11H,4-6,8H2,(H,21,28)(H,22,25)(H,26,27)(H2,19,20,23,24);1H. The summed E-state index contributed by atoms with van der Waals surface area (Å²) < 4.78 is 0. The van der Waals surface area contributed by atoms with Crippen molar-refractivity contribution in [3.8, 4) is 0 Å². The molecule has 0 saturated carbocycles. The fraction of sp³-hybridized carbons (Fsp3) is 0.294. The molecule has 13 heteroatoms. The monoisotopic (exact) mass is 453 g/mol. The lowest BCUT2D eigenvalue weighted by molar-refractivity contribution is -0.137. The minimum Gasteiger partial charge on any atom is -0.481 e. The number of carbonyl (C=O) groups excluding carboxylic acids is 2. The van der Waals surface area contributed by atoms with Crippen molar-refractivity contribution >= 4 is 52.6 Å². The Morgan fingerprint density at radius 3 is 2.73 bits per heavy atom. The van der Waals surface area contributed by atoms with E-state index < -0.39 is 23.8 Å². The second-order valence-corrected chi connectivity index (χ2v) is 6.85. The number of guanidine groups is 1. The van der Waals surface area contributed by atoms with Gasteiger partial charge in [-0.1, -0.05) is 6.07 Å². The van der Waals surface area contributed by atoms with Crippen molar-refractivity contribution in [2.45, 2.75) is 12.5 Å². The van der Waals surface area contributed by atoms with E-state index in [4.69, 9.17) is 5.11 Å². The molecule has 5 N–H and O–H groups in total. The molecule has 1 aliphatic heterocycles. The van der Waals surface area contributed by atoms with Gasteiger partial charge in [-0.2, -0.15) is 4.99 Å². The Hall–Kier alpha value is -3.25. The molecule has 0 radical (unpaired) electrons. The zero-order valence-electron chi connectivity index (χ0n) is 15.6. The smallest absolute Gasteiger partial charge is 0.305 e. The Morgan fingerprint density at radius 2 is 2.07 bits per heavy atom. The summed E-state index contributed by atoms with van der Waals surface area (Å²) >= 11 is 1.20. The Bertz CT molecular complexity index is 914. The van der Waals surface area contributed by atoms with Gasteiger partial charge in [0.15, 0.2) is 5.96 Å². The summed E-state index contributed by atoms with van der Waals surface area (Å²) in [5.74, 6) is -1.51. The average molecular weight is 454 g/mol. The molecule has 1 aliphatic rings. The maximum atomic E-state index is 12.2. The second kappa shape index (κ2) is 11.1. The quantitative estimate of drug-likeness (QED) is 0.379. The molecule has 2 amide bonds. The molecule has 30 heavy (non-hydrogen) atoms. The number of hydrogen-bond donors (Lipinski definition) is 5. The van der Waals surface area contributed by atoms with Gasteiger partial charge < -0.3 is 26.4 Å². The zero-order valence-corrected chi connectivity index (χ0v) is 17.3. The molecule has 2 aromatic heterocycles. The first-order valence-electron chi connectivity index (χ1n) is 8.72. The van der Waals surface area contributed by atoms with Crippen LogP contribution in [0.4, 0.5) is 5.13 Å². The molecule has 0 spiro atoms. The highest BCUT2D eigenvalue weighted by Gasteiger charge is 2.19. The third-order valence-corrected chi connectivity index (χ3v) is 4.59. The fourth-order valence-electron chi connectivity index (χ4n) is 2.52. The molecule has 1 atom stereocenters. The summed E-state index contributed by atoms with van der Waals surface area (Å²) in [4.78, 5) is 47.8. The molecular formula is C17H20ClN7O4S. The number of rotatable bonds is 8. The molecule has 3 rings (SSSR count). The fourth-order valence-corrected chi connectivity index (χ4v) is 3.20. The van der Waals surface area contributed by atoms with Crippen LogP contribution in [0.2, 0.25) is 0 Å². The summed E-state index contributed by atoms with van der Waals surface area (Å²) in [6.07, 6.45) is 2.73. The molecule has 1 saturated heterocycles.